The molecule has 0 amide bonds. The highest BCUT2D eigenvalue weighted by Crippen LogP contribution is 2.35. The van der Waals surface area contributed by atoms with Crippen LogP contribution in [0.5, 0.6) is 17.4 Å². The standard InChI is InChI=1S/C20H15BrN4O8/c1-32-15-8-12(4-7-17-22-19(26)18(25(30)31)20(27)23-17)14(21)9-16(15)33-10-11-2-5-13(6-3-11)24(28)29/h2-9H,10H2,1H3,(H2,22,23,26,27)/b7-4-. The Morgan fingerprint density at radius 3 is 2.39 bits per heavy atom. The van der Waals surface area contributed by atoms with Crippen LogP contribution in [0.3, 0.4) is 0 Å². The first-order valence-corrected chi connectivity index (χ1v) is 9.88. The molecule has 33 heavy (non-hydrogen) atoms. The number of methoxy groups -OCH3 is 1. The molecular formula is C20H15BrN4O8. The molecule has 0 atom stereocenters. The van der Waals surface area contributed by atoms with Gasteiger partial charge < -0.3 is 19.6 Å². The van der Waals surface area contributed by atoms with Crippen LogP contribution >= 0.6 is 15.9 Å². The summed E-state index contributed by atoms with van der Waals surface area (Å²) in [6, 6.07) is 9.22. The van der Waals surface area contributed by atoms with Crippen LogP contribution in [0.15, 0.2) is 45.7 Å². The normalized spacial score (nSPS) is 10.8. The van der Waals surface area contributed by atoms with Gasteiger partial charge in [-0.15, -0.1) is 0 Å². The Morgan fingerprint density at radius 1 is 1.12 bits per heavy atom. The molecule has 0 spiro atoms. The SMILES string of the molecule is COc1cc(/C=C\c2nc(O)c([N+](=O)[O-])c(=O)[nH]2)c(Br)cc1OCc1ccc([N+](=O)[O-])cc1. The lowest BCUT2D eigenvalue weighted by atomic mass is 10.1. The lowest BCUT2D eigenvalue weighted by molar-refractivity contribution is -0.387. The van der Waals surface area contributed by atoms with Crippen molar-refractivity contribution in [3.63, 3.8) is 0 Å². The fourth-order valence-electron chi connectivity index (χ4n) is 2.71. The largest absolute Gasteiger partial charge is 0.493 e. The number of nitrogens with one attached hydrogen (secondary N) is 1. The fraction of sp³-hybridized carbons (Fsp3) is 0.100. The molecule has 12 nitrogen and oxygen atoms in total. The van der Waals surface area contributed by atoms with E-state index in [0.717, 1.165) is 5.56 Å². The third-order valence-electron chi connectivity index (χ3n) is 4.32. The first kappa shape index (κ1) is 23.4. The predicted molar refractivity (Wildman–Crippen MR) is 120 cm³/mol. The Balaban J connectivity index is 1.81. The third-order valence-corrected chi connectivity index (χ3v) is 5.01. The summed E-state index contributed by atoms with van der Waals surface area (Å²) in [5, 5.41) is 31.1. The number of hydrogen-bond acceptors (Lipinski definition) is 9. The van der Waals surface area contributed by atoms with Crippen LogP contribution in [0.1, 0.15) is 17.0 Å². The number of ether oxygens (including phenoxy) is 2. The third kappa shape index (κ3) is 5.51. The van der Waals surface area contributed by atoms with Gasteiger partial charge in [0.2, 0.25) is 0 Å². The van der Waals surface area contributed by atoms with E-state index in [2.05, 4.69) is 25.9 Å². The Bertz CT molecular complexity index is 1300. The van der Waals surface area contributed by atoms with Gasteiger partial charge >= 0.3 is 11.2 Å². The lowest BCUT2D eigenvalue weighted by Gasteiger charge is -2.13. The Hall–Kier alpha value is -4.26. The molecule has 0 radical (unpaired) electrons. The Morgan fingerprint density at radius 2 is 1.82 bits per heavy atom. The minimum Gasteiger partial charge on any atom is -0.493 e. The van der Waals surface area contributed by atoms with Gasteiger partial charge in [-0.2, -0.15) is 4.98 Å². The molecule has 0 aliphatic rings. The summed E-state index contributed by atoms with van der Waals surface area (Å²) in [5.74, 6) is -0.297. The molecule has 1 heterocycles. The number of aromatic hydroxyl groups is 1. The Kier molecular flexibility index (Phi) is 7.03. The van der Waals surface area contributed by atoms with Crippen molar-refractivity contribution in [3.05, 3.63) is 88.4 Å². The van der Waals surface area contributed by atoms with Gasteiger partial charge in [0.05, 0.1) is 17.0 Å². The number of benzene rings is 2. The molecule has 0 aliphatic heterocycles. The zero-order valence-electron chi connectivity index (χ0n) is 16.9. The molecule has 13 heteroatoms. The van der Waals surface area contributed by atoms with E-state index in [9.17, 15) is 30.1 Å². The van der Waals surface area contributed by atoms with E-state index >= 15 is 0 Å². The molecule has 0 bridgehead atoms. The molecule has 0 unspecified atom stereocenters. The number of H-pyrrole nitrogens is 1. The second kappa shape index (κ2) is 9.91. The smallest absolute Gasteiger partial charge is 0.395 e. The highest BCUT2D eigenvalue weighted by Gasteiger charge is 2.21. The van der Waals surface area contributed by atoms with Crippen LogP contribution in [-0.4, -0.2) is 32.0 Å². The minimum absolute atomic E-state index is 0.0209. The number of aromatic amines is 1. The second-order valence-electron chi connectivity index (χ2n) is 6.45. The summed E-state index contributed by atoms with van der Waals surface area (Å²) in [7, 11) is 1.45. The van der Waals surface area contributed by atoms with E-state index in [0.29, 0.717) is 21.5 Å². The molecule has 2 aromatic carbocycles. The van der Waals surface area contributed by atoms with Crippen molar-refractivity contribution in [1.82, 2.24) is 9.97 Å². The van der Waals surface area contributed by atoms with Crippen molar-refractivity contribution in [2.45, 2.75) is 6.61 Å². The van der Waals surface area contributed by atoms with Gasteiger partial charge in [0.15, 0.2) is 11.5 Å². The first-order chi connectivity index (χ1) is 15.7. The first-order valence-electron chi connectivity index (χ1n) is 9.09. The number of non-ortho nitro benzene ring substituents is 1. The summed E-state index contributed by atoms with van der Waals surface area (Å²) >= 11 is 3.40. The molecule has 0 saturated heterocycles. The van der Waals surface area contributed by atoms with Gasteiger partial charge in [0.1, 0.15) is 12.4 Å². The predicted octanol–water partition coefficient (Wildman–Crippen LogP) is 3.81. The maximum Gasteiger partial charge on any atom is 0.395 e. The van der Waals surface area contributed by atoms with E-state index in [4.69, 9.17) is 9.47 Å². The van der Waals surface area contributed by atoms with Crippen molar-refractivity contribution in [1.29, 1.82) is 0 Å². The zero-order chi connectivity index (χ0) is 24.1. The number of nitro benzene ring substituents is 1. The quantitative estimate of drug-likeness (QED) is 0.332. The molecule has 2 N–H and O–H groups in total. The van der Waals surface area contributed by atoms with Crippen molar-refractivity contribution in [2.24, 2.45) is 0 Å². The average Bonchev–Trinajstić information content (AvgIpc) is 2.76. The molecule has 3 rings (SSSR count). The number of nitro groups is 2. The van der Waals surface area contributed by atoms with Crippen molar-refractivity contribution in [3.8, 4) is 17.4 Å². The van der Waals surface area contributed by atoms with Gasteiger partial charge in [-0.1, -0.05) is 22.0 Å². The minimum atomic E-state index is -1.08. The highest BCUT2D eigenvalue weighted by atomic mass is 79.9. The van der Waals surface area contributed by atoms with Crippen LogP contribution in [0.25, 0.3) is 12.2 Å². The van der Waals surface area contributed by atoms with Crippen LogP contribution in [0.2, 0.25) is 0 Å². The van der Waals surface area contributed by atoms with E-state index in [1.165, 1.54) is 31.4 Å². The molecular weight excluding hydrogens is 504 g/mol. The highest BCUT2D eigenvalue weighted by molar-refractivity contribution is 9.10. The fourth-order valence-corrected chi connectivity index (χ4v) is 3.16. The second-order valence-corrected chi connectivity index (χ2v) is 7.30. The number of nitrogens with zero attached hydrogens (tertiary/aromatic N) is 3. The van der Waals surface area contributed by atoms with Crippen LogP contribution < -0.4 is 15.0 Å². The van der Waals surface area contributed by atoms with Gasteiger partial charge in [-0.25, -0.2) is 0 Å². The van der Waals surface area contributed by atoms with E-state index in [1.54, 1.807) is 24.3 Å². The number of halogens is 1. The van der Waals surface area contributed by atoms with Crippen LogP contribution in [-0.2, 0) is 6.61 Å². The lowest BCUT2D eigenvalue weighted by Crippen LogP contribution is -2.14. The molecule has 1 aromatic heterocycles. The molecule has 0 fully saturated rings. The summed E-state index contributed by atoms with van der Waals surface area (Å²) in [6.45, 7) is 0.142. The summed E-state index contributed by atoms with van der Waals surface area (Å²) in [4.78, 5) is 37.6. The van der Waals surface area contributed by atoms with Gasteiger partial charge in [0.25, 0.3) is 11.6 Å². The summed E-state index contributed by atoms with van der Waals surface area (Å²) < 4.78 is 11.7. The van der Waals surface area contributed by atoms with Gasteiger partial charge in [-0.05, 0) is 41.5 Å². The average molecular weight is 519 g/mol. The van der Waals surface area contributed by atoms with E-state index in [-0.39, 0.29) is 18.1 Å². The molecule has 0 aliphatic carbocycles. The molecule has 3 aromatic rings. The Labute approximate surface area is 193 Å². The van der Waals surface area contributed by atoms with Crippen molar-refractivity contribution < 1.29 is 24.4 Å². The van der Waals surface area contributed by atoms with Gasteiger partial charge in [-0.3, -0.25) is 25.0 Å². The molecule has 170 valence electrons. The number of hydrogen-bond donors (Lipinski definition) is 2. The van der Waals surface area contributed by atoms with Crippen molar-refractivity contribution in [2.75, 3.05) is 7.11 Å². The monoisotopic (exact) mass is 518 g/mol. The maximum absolute atomic E-state index is 11.8. The van der Waals surface area contributed by atoms with Crippen LogP contribution in [0, 0.1) is 20.2 Å². The summed E-state index contributed by atoms with van der Waals surface area (Å²) in [6.07, 6.45) is 2.89. The van der Waals surface area contributed by atoms with Gasteiger partial charge in [0, 0.05) is 16.6 Å². The van der Waals surface area contributed by atoms with Crippen molar-refractivity contribution >= 4 is 39.5 Å². The maximum atomic E-state index is 11.8. The van der Waals surface area contributed by atoms with Crippen LogP contribution in [0.4, 0.5) is 11.4 Å². The zero-order valence-corrected chi connectivity index (χ0v) is 18.4. The number of rotatable bonds is 8. The molecule has 0 saturated carbocycles. The van der Waals surface area contributed by atoms with E-state index in [1.807, 2.05) is 0 Å². The summed E-state index contributed by atoms with van der Waals surface area (Å²) in [5.41, 5.74) is -0.832. The van der Waals surface area contributed by atoms with E-state index < -0.39 is 27.0 Å². The number of aromatic nitrogens is 2. The topological polar surface area (TPSA) is 171 Å².